The standard InChI is InChI=1S/C28H47N5O3S.C4H10.C2H4O/c1-9-22(14-13-19(5)25-21(7)37-28(31-25)29-16-18-32(8)11-3)26(34)30-23(10-2)27(35)33-17-15-24(20(33)6)36-12-4;1-4(2)3;1-2-3/h9,13-14,20,23-24,28-29,31H,1,10-12,15-18H2,2-8H3,(H,30,34);4H,1-3H3;2H,1H3/b19-13+,22-14+;;. The molecule has 1 saturated heterocycles. The van der Waals surface area contributed by atoms with Crippen LogP contribution in [-0.2, 0) is 19.1 Å². The zero-order valence-corrected chi connectivity index (χ0v) is 30.1. The summed E-state index contributed by atoms with van der Waals surface area (Å²) in [5, 5.41) is 9.99. The Labute approximate surface area is 272 Å². The van der Waals surface area contributed by atoms with Gasteiger partial charge in [-0.1, -0.05) is 65.1 Å². The quantitative estimate of drug-likeness (QED) is 0.136. The van der Waals surface area contributed by atoms with Gasteiger partial charge in [-0.2, -0.15) is 0 Å². The van der Waals surface area contributed by atoms with Gasteiger partial charge in [0.25, 0.3) is 5.91 Å². The van der Waals surface area contributed by atoms with Crippen LogP contribution >= 0.6 is 11.8 Å². The average Bonchev–Trinajstić information content (AvgIpc) is 3.53. The van der Waals surface area contributed by atoms with Crippen molar-refractivity contribution in [2.24, 2.45) is 5.92 Å². The fourth-order valence-corrected chi connectivity index (χ4v) is 5.57. The topological polar surface area (TPSA) is 103 Å². The Morgan fingerprint density at radius 1 is 1.23 bits per heavy atom. The maximum absolute atomic E-state index is 13.2. The first-order chi connectivity index (χ1) is 20.8. The summed E-state index contributed by atoms with van der Waals surface area (Å²) in [4.78, 5) is 40.3. The molecule has 0 aromatic rings. The third-order valence-corrected chi connectivity index (χ3v) is 8.11. The molecule has 3 N–H and O–H groups in total. The third-order valence-electron chi connectivity index (χ3n) is 7.03. The molecule has 0 aliphatic carbocycles. The second-order valence-electron chi connectivity index (χ2n) is 11.6. The second kappa shape index (κ2) is 23.0. The van der Waals surface area contributed by atoms with Crippen molar-refractivity contribution in [3.05, 3.63) is 46.6 Å². The molecule has 0 bridgehead atoms. The minimum atomic E-state index is -0.583. The summed E-state index contributed by atoms with van der Waals surface area (Å²) in [6, 6.07) is -0.585. The van der Waals surface area contributed by atoms with Crippen molar-refractivity contribution in [2.75, 3.05) is 39.8 Å². The van der Waals surface area contributed by atoms with Crippen LogP contribution in [0.1, 0.15) is 82.1 Å². The zero-order chi connectivity index (χ0) is 33.8. The highest BCUT2D eigenvalue weighted by atomic mass is 32.2. The molecule has 44 heavy (non-hydrogen) atoms. The fourth-order valence-electron chi connectivity index (χ4n) is 4.50. The molecular weight excluding hydrogens is 574 g/mol. The summed E-state index contributed by atoms with van der Waals surface area (Å²) < 4.78 is 5.76. The number of thioether (sulfide) groups is 1. The summed E-state index contributed by atoms with van der Waals surface area (Å²) in [5.74, 6) is 0.476. The molecule has 0 spiro atoms. The van der Waals surface area contributed by atoms with Gasteiger partial charge in [-0.05, 0) is 78.6 Å². The molecule has 10 heteroatoms. The maximum Gasteiger partial charge on any atom is 0.251 e. The van der Waals surface area contributed by atoms with E-state index in [4.69, 9.17) is 9.53 Å². The predicted molar refractivity (Wildman–Crippen MR) is 186 cm³/mol. The van der Waals surface area contributed by atoms with Gasteiger partial charge in [-0.25, -0.2) is 0 Å². The molecule has 1 fully saturated rings. The van der Waals surface area contributed by atoms with Crippen molar-refractivity contribution in [3.63, 3.8) is 0 Å². The smallest absolute Gasteiger partial charge is 0.251 e. The Balaban J connectivity index is 0.00000239. The molecule has 0 radical (unpaired) electrons. The number of carbonyl (C=O) groups excluding carboxylic acids is 3. The predicted octanol–water partition coefficient (Wildman–Crippen LogP) is 5.23. The summed E-state index contributed by atoms with van der Waals surface area (Å²) >= 11 is 1.76. The number of nitrogens with one attached hydrogen (secondary N) is 3. The van der Waals surface area contributed by atoms with E-state index < -0.39 is 6.04 Å². The lowest BCUT2D eigenvalue weighted by Gasteiger charge is -2.28. The van der Waals surface area contributed by atoms with Gasteiger partial charge in [-0.15, -0.1) is 0 Å². The summed E-state index contributed by atoms with van der Waals surface area (Å²) in [7, 11) is 2.11. The Hall–Kier alpha value is -2.40. The van der Waals surface area contributed by atoms with Crippen LogP contribution in [0.3, 0.4) is 0 Å². The first kappa shape index (κ1) is 41.6. The highest BCUT2D eigenvalue weighted by molar-refractivity contribution is 8.03. The van der Waals surface area contributed by atoms with Gasteiger partial charge >= 0.3 is 0 Å². The van der Waals surface area contributed by atoms with Crippen LogP contribution in [0.2, 0.25) is 0 Å². The second-order valence-corrected chi connectivity index (χ2v) is 12.9. The molecule has 0 aromatic heterocycles. The number of likely N-dealkylation sites (tertiary alicyclic amines) is 1. The van der Waals surface area contributed by atoms with E-state index in [1.807, 2.05) is 38.7 Å². The Kier molecular flexibility index (Phi) is 21.8. The normalized spacial score (nSPS) is 20.8. The number of ether oxygens (including phenoxy) is 1. The average molecular weight is 636 g/mol. The number of amides is 2. The lowest BCUT2D eigenvalue weighted by Crippen LogP contribution is -2.50. The summed E-state index contributed by atoms with van der Waals surface area (Å²) in [5.41, 5.74) is 2.65. The largest absolute Gasteiger partial charge is 0.376 e. The van der Waals surface area contributed by atoms with E-state index >= 15 is 0 Å². The number of likely N-dealkylation sites (N-methyl/N-ethyl adjacent to an activating group) is 1. The summed E-state index contributed by atoms with van der Waals surface area (Å²) in [6.07, 6.45) is 7.36. The summed E-state index contributed by atoms with van der Waals surface area (Å²) in [6.45, 7) is 28.1. The third kappa shape index (κ3) is 15.1. The van der Waals surface area contributed by atoms with Gasteiger partial charge < -0.3 is 30.0 Å². The van der Waals surface area contributed by atoms with Crippen LogP contribution in [0, 0.1) is 5.92 Å². The van der Waals surface area contributed by atoms with Gasteiger partial charge in [0.05, 0.1) is 12.1 Å². The van der Waals surface area contributed by atoms with E-state index in [1.54, 1.807) is 17.8 Å². The zero-order valence-electron chi connectivity index (χ0n) is 29.3. The first-order valence-corrected chi connectivity index (χ1v) is 16.9. The fraction of sp³-hybridized carbons (Fsp3) is 0.676. The van der Waals surface area contributed by atoms with Crippen molar-refractivity contribution in [1.82, 2.24) is 25.8 Å². The molecule has 4 unspecified atom stereocenters. The van der Waals surface area contributed by atoms with Crippen molar-refractivity contribution in [1.29, 1.82) is 0 Å². The molecular formula is C34H61N5O4S. The van der Waals surface area contributed by atoms with Gasteiger partial charge in [0, 0.05) is 42.4 Å². The monoisotopic (exact) mass is 635 g/mol. The molecule has 0 saturated carbocycles. The Morgan fingerprint density at radius 3 is 2.36 bits per heavy atom. The van der Waals surface area contributed by atoms with Gasteiger partial charge in [0.2, 0.25) is 5.91 Å². The van der Waals surface area contributed by atoms with E-state index in [0.29, 0.717) is 25.1 Å². The first-order valence-electron chi connectivity index (χ1n) is 16.0. The van der Waals surface area contributed by atoms with Crippen LogP contribution in [0.5, 0.6) is 0 Å². The minimum Gasteiger partial charge on any atom is -0.376 e. The highest BCUT2D eigenvalue weighted by Crippen LogP contribution is 2.31. The van der Waals surface area contributed by atoms with Crippen molar-refractivity contribution < 1.29 is 19.1 Å². The van der Waals surface area contributed by atoms with Crippen molar-refractivity contribution in [3.8, 4) is 0 Å². The van der Waals surface area contributed by atoms with Crippen LogP contribution < -0.4 is 16.0 Å². The molecule has 2 rings (SSSR count). The number of hydrogen-bond acceptors (Lipinski definition) is 8. The van der Waals surface area contributed by atoms with Crippen molar-refractivity contribution >= 4 is 29.9 Å². The Bertz CT molecular complexity index is 991. The molecule has 2 aliphatic rings. The number of aldehydes is 1. The molecule has 0 aromatic carbocycles. The van der Waals surface area contributed by atoms with E-state index in [-0.39, 0.29) is 29.5 Å². The molecule has 252 valence electrons. The van der Waals surface area contributed by atoms with E-state index in [0.717, 1.165) is 49.5 Å². The molecule has 9 nitrogen and oxygen atoms in total. The Morgan fingerprint density at radius 2 is 1.84 bits per heavy atom. The number of hydrogen-bond donors (Lipinski definition) is 3. The number of nitrogens with zero attached hydrogens (tertiary/aromatic N) is 2. The van der Waals surface area contributed by atoms with E-state index in [1.165, 1.54) is 17.9 Å². The molecule has 4 atom stereocenters. The number of rotatable bonds is 14. The molecule has 2 amide bonds. The van der Waals surface area contributed by atoms with E-state index in [2.05, 4.69) is 69.1 Å². The van der Waals surface area contributed by atoms with Crippen LogP contribution in [-0.4, -0.2) is 91.4 Å². The van der Waals surface area contributed by atoms with Gasteiger partial charge in [0.1, 0.15) is 17.8 Å². The SMILES string of the molecule is C=C/C(=C\C=C(/C)C1=C(C)SC(NCCN(C)CC)N1)C(=O)NC(CC)C(=O)N1CCC(OCC)C1C.CC(C)C.CC=O. The minimum absolute atomic E-state index is 0.00225. The lowest BCUT2D eigenvalue weighted by atomic mass is 10.1. The number of allylic oxidation sites excluding steroid dienone is 4. The lowest BCUT2D eigenvalue weighted by molar-refractivity contribution is -0.137. The maximum atomic E-state index is 13.2. The highest BCUT2D eigenvalue weighted by Gasteiger charge is 2.37. The van der Waals surface area contributed by atoms with Crippen LogP contribution in [0.15, 0.2) is 46.6 Å². The van der Waals surface area contributed by atoms with Gasteiger partial charge in [0.15, 0.2) is 0 Å². The van der Waals surface area contributed by atoms with E-state index in [9.17, 15) is 9.59 Å². The molecule has 2 aliphatic heterocycles. The van der Waals surface area contributed by atoms with Crippen LogP contribution in [0.25, 0.3) is 0 Å². The molecule has 2 heterocycles. The van der Waals surface area contributed by atoms with Gasteiger partial charge in [-0.3, -0.25) is 14.9 Å². The van der Waals surface area contributed by atoms with Crippen LogP contribution in [0.4, 0.5) is 0 Å². The van der Waals surface area contributed by atoms with Crippen molar-refractivity contribution in [2.45, 2.75) is 106 Å². The number of carbonyl (C=O) groups is 3.